The molecule has 0 bridgehead atoms. The lowest BCUT2D eigenvalue weighted by Gasteiger charge is -2.37. The molecule has 142 valence electrons. The second-order valence-corrected chi connectivity index (χ2v) is 8.21. The van der Waals surface area contributed by atoms with Crippen LogP contribution in [0.4, 0.5) is 5.69 Å². The number of para-hydroxylation sites is 1. The van der Waals surface area contributed by atoms with Crippen LogP contribution in [-0.4, -0.2) is 29.4 Å². The van der Waals surface area contributed by atoms with E-state index in [-0.39, 0.29) is 11.4 Å². The normalized spacial score (nSPS) is 23.5. The summed E-state index contributed by atoms with van der Waals surface area (Å²) < 4.78 is 0. The van der Waals surface area contributed by atoms with E-state index in [9.17, 15) is 4.79 Å². The third-order valence-electron chi connectivity index (χ3n) is 5.75. The van der Waals surface area contributed by atoms with E-state index in [4.69, 9.17) is 11.6 Å². The highest BCUT2D eigenvalue weighted by atomic mass is 35.5. The van der Waals surface area contributed by atoms with Crippen LogP contribution in [-0.2, 0) is 17.9 Å². The maximum absolute atomic E-state index is 12.5. The van der Waals surface area contributed by atoms with Crippen molar-refractivity contribution in [3.8, 4) is 0 Å². The molecule has 0 aliphatic carbocycles. The SMILES string of the molecule is O=C1C[C@]2(CCCN(Cc3ccc(Cl)cc3)CC2)Nc2ccccc2CN1. The minimum atomic E-state index is -0.171. The topological polar surface area (TPSA) is 44.4 Å². The molecule has 2 aliphatic heterocycles. The van der Waals surface area contributed by atoms with Crippen LogP contribution in [0.3, 0.4) is 0 Å². The van der Waals surface area contributed by atoms with Crippen molar-refractivity contribution in [1.82, 2.24) is 10.2 Å². The Morgan fingerprint density at radius 3 is 2.70 bits per heavy atom. The first kappa shape index (κ1) is 18.3. The van der Waals surface area contributed by atoms with Gasteiger partial charge in [0.05, 0.1) is 0 Å². The first-order chi connectivity index (χ1) is 13.1. The average molecular weight is 384 g/mol. The standard InChI is InChI=1S/C22H26ClN3O/c23-19-8-6-17(7-9-19)16-26-12-3-10-22(11-13-26)14-21(27)24-15-18-4-1-2-5-20(18)25-22/h1-2,4-9,25H,3,10-16H2,(H,24,27)/t22-/m1/s1. The zero-order valence-corrected chi connectivity index (χ0v) is 16.3. The average Bonchev–Trinajstić information content (AvgIpc) is 2.84. The quantitative estimate of drug-likeness (QED) is 0.817. The van der Waals surface area contributed by atoms with Crippen LogP contribution >= 0.6 is 11.6 Å². The number of amides is 1. The minimum Gasteiger partial charge on any atom is -0.379 e. The van der Waals surface area contributed by atoms with Crippen molar-refractivity contribution < 1.29 is 4.79 Å². The Morgan fingerprint density at radius 1 is 1.04 bits per heavy atom. The van der Waals surface area contributed by atoms with Crippen molar-refractivity contribution in [2.24, 2.45) is 0 Å². The molecule has 1 fully saturated rings. The number of hydrogen-bond acceptors (Lipinski definition) is 3. The summed E-state index contributed by atoms with van der Waals surface area (Å²) in [5.74, 6) is 0.142. The molecule has 0 saturated carbocycles. The Kier molecular flexibility index (Phi) is 5.37. The van der Waals surface area contributed by atoms with Crippen LogP contribution in [0.15, 0.2) is 48.5 Å². The molecule has 27 heavy (non-hydrogen) atoms. The van der Waals surface area contributed by atoms with Crippen LogP contribution in [0.2, 0.25) is 5.02 Å². The fourth-order valence-corrected chi connectivity index (χ4v) is 4.37. The summed E-state index contributed by atoms with van der Waals surface area (Å²) in [6.45, 7) is 3.55. The van der Waals surface area contributed by atoms with Crippen molar-refractivity contribution in [2.75, 3.05) is 18.4 Å². The van der Waals surface area contributed by atoms with Gasteiger partial charge in [-0.25, -0.2) is 0 Å². The zero-order valence-electron chi connectivity index (χ0n) is 15.5. The molecule has 0 unspecified atom stereocenters. The molecule has 1 atom stereocenters. The smallest absolute Gasteiger partial charge is 0.222 e. The molecule has 2 aromatic rings. The van der Waals surface area contributed by atoms with Gasteiger partial charge in [-0.05, 0) is 55.1 Å². The number of fused-ring (bicyclic) bond motifs is 1. The van der Waals surface area contributed by atoms with Gasteiger partial charge < -0.3 is 10.6 Å². The molecule has 2 heterocycles. The molecule has 0 aromatic heterocycles. The number of halogens is 1. The summed E-state index contributed by atoms with van der Waals surface area (Å²) in [7, 11) is 0. The lowest BCUT2D eigenvalue weighted by atomic mass is 9.85. The van der Waals surface area contributed by atoms with E-state index in [0.29, 0.717) is 13.0 Å². The number of carbonyl (C=O) groups excluding carboxylic acids is 1. The maximum atomic E-state index is 12.5. The molecule has 5 heteroatoms. The molecule has 1 spiro atoms. The number of nitrogens with zero attached hydrogens (tertiary/aromatic N) is 1. The van der Waals surface area contributed by atoms with E-state index < -0.39 is 0 Å². The largest absolute Gasteiger partial charge is 0.379 e. The molecule has 2 N–H and O–H groups in total. The summed E-state index contributed by atoms with van der Waals surface area (Å²) in [5.41, 5.74) is 3.43. The van der Waals surface area contributed by atoms with Crippen LogP contribution in [0.25, 0.3) is 0 Å². The fraction of sp³-hybridized carbons (Fsp3) is 0.409. The van der Waals surface area contributed by atoms with Gasteiger partial charge in [0.15, 0.2) is 0 Å². The number of hydrogen-bond donors (Lipinski definition) is 2. The molecular weight excluding hydrogens is 358 g/mol. The van der Waals surface area contributed by atoms with Gasteiger partial charge in [-0.1, -0.05) is 41.9 Å². The van der Waals surface area contributed by atoms with Gasteiger partial charge in [-0.2, -0.15) is 0 Å². The van der Waals surface area contributed by atoms with Gasteiger partial charge in [0.2, 0.25) is 5.91 Å². The zero-order chi connectivity index (χ0) is 18.7. The predicted molar refractivity (Wildman–Crippen MR) is 110 cm³/mol. The third kappa shape index (κ3) is 4.45. The van der Waals surface area contributed by atoms with Crippen LogP contribution in [0, 0.1) is 0 Å². The summed E-state index contributed by atoms with van der Waals surface area (Å²) in [5, 5.41) is 7.63. The highest BCUT2D eigenvalue weighted by Crippen LogP contribution is 2.33. The van der Waals surface area contributed by atoms with Crippen molar-refractivity contribution >= 4 is 23.2 Å². The molecule has 4 nitrogen and oxygen atoms in total. The van der Waals surface area contributed by atoms with Crippen molar-refractivity contribution in [3.05, 3.63) is 64.7 Å². The second-order valence-electron chi connectivity index (χ2n) is 7.77. The van der Waals surface area contributed by atoms with E-state index in [1.165, 1.54) is 5.56 Å². The Hall–Kier alpha value is -2.04. The summed E-state index contributed by atoms with van der Waals surface area (Å²) in [6.07, 6.45) is 3.58. The Morgan fingerprint density at radius 2 is 1.85 bits per heavy atom. The van der Waals surface area contributed by atoms with E-state index in [0.717, 1.165) is 55.2 Å². The molecule has 1 amide bonds. The van der Waals surface area contributed by atoms with E-state index in [2.05, 4.69) is 45.9 Å². The number of rotatable bonds is 2. The molecule has 0 radical (unpaired) electrons. The number of likely N-dealkylation sites (tertiary alicyclic amines) is 1. The third-order valence-corrected chi connectivity index (χ3v) is 6.00. The lowest BCUT2D eigenvalue weighted by molar-refractivity contribution is -0.122. The first-order valence-corrected chi connectivity index (χ1v) is 10.1. The molecule has 4 rings (SSSR count). The number of anilines is 1. The highest BCUT2D eigenvalue weighted by Gasteiger charge is 2.36. The Bertz CT molecular complexity index is 807. The van der Waals surface area contributed by atoms with Crippen molar-refractivity contribution in [2.45, 2.75) is 44.3 Å². The van der Waals surface area contributed by atoms with Gasteiger partial charge in [-0.3, -0.25) is 9.69 Å². The van der Waals surface area contributed by atoms with Gasteiger partial charge in [-0.15, -0.1) is 0 Å². The van der Waals surface area contributed by atoms with Crippen LogP contribution < -0.4 is 10.6 Å². The highest BCUT2D eigenvalue weighted by molar-refractivity contribution is 6.30. The van der Waals surface area contributed by atoms with Gasteiger partial charge in [0.25, 0.3) is 0 Å². The number of carbonyl (C=O) groups is 1. The van der Waals surface area contributed by atoms with Gasteiger partial charge in [0.1, 0.15) is 0 Å². The van der Waals surface area contributed by atoms with Crippen LogP contribution in [0.1, 0.15) is 36.8 Å². The minimum absolute atomic E-state index is 0.142. The number of nitrogens with one attached hydrogen (secondary N) is 2. The van der Waals surface area contributed by atoms with Crippen molar-refractivity contribution in [1.29, 1.82) is 0 Å². The summed E-state index contributed by atoms with van der Waals surface area (Å²) >= 11 is 6.00. The monoisotopic (exact) mass is 383 g/mol. The fourth-order valence-electron chi connectivity index (χ4n) is 4.25. The summed E-state index contributed by atoms with van der Waals surface area (Å²) in [4.78, 5) is 14.9. The second kappa shape index (κ2) is 7.91. The molecule has 2 aliphatic rings. The van der Waals surface area contributed by atoms with E-state index >= 15 is 0 Å². The molecule has 2 aromatic carbocycles. The Labute approximate surface area is 165 Å². The maximum Gasteiger partial charge on any atom is 0.222 e. The molecular formula is C22H26ClN3O. The first-order valence-electron chi connectivity index (χ1n) is 9.72. The lowest BCUT2D eigenvalue weighted by Crippen LogP contribution is -2.46. The summed E-state index contributed by atoms with van der Waals surface area (Å²) in [6, 6.07) is 16.4. The van der Waals surface area contributed by atoms with Gasteiger partial charge >= 0.3 is 0 Å². The van der Waals surface area contributed by atoms with Crippen LogP contribution in [0.5, 0.6) is 0 Å². The Balaban J connectivity index is 1.50. The van der Waals surface area contributed by atoms with E-state index in [1.807, 2.05) is 18.2 Å². The van der Waals surface area contributed by atoms with E-state index in [1.54, 1.807) is 0 Å². The number of benzene rings is 2. The predicted octanol–water partition coefficient (Wildman–Crippen LogP) is 4.20. The van der Waals surface area contributed by atoms with Gasteiger partial charge in [0, 0.05) is 42.3 Å². The van der Waals surface area contributed by atoms with Crippen molar-refractivity contribution in [3.63, 3.8) is 0 Å². The molecule has 1 saturated heterocycles.